The standard InChI is InChI=1S/C23H24N2O4S/c1-16-7-8-21(22(10-16)29-13-20-6-3-9-27-20)25-23(26)17-4-2-5-19(11-17)28-12-18-14-30-15-24-18/h2,4-5,7-8,10-11,14-15,20H,3,6,9,12-13H2,1H3,(H,25,26). The fourth-order valence-electron chi connectivity index (χ4n) is 3.20. The minimum Gasteiger partial charge on any atom is -0.489 e. The lowest BCUT2D eigenvalue weighted by molar-refractivity contribution is 0.0681. The van der Waals surface area contributed by atoms with Crippen LogP contribution in [0.15, 0.2) is 53.4 Å². The van der Waals surface area contributed by atoms with E-state index in [1.165, 1.54) is 11.3 Å². The molecule has 1 unspecified atom stereocenters. The second kappa shape index (κ2) is 9.73. The summed E-state index contributed by atoms with van der Waals surface area (Å²) in [4.78, 5) is 17.0. The van der Waals surface area contributed by atoms with Gasteiger partial charge in [-0.2, -0.15) is 0 Å². The lowest BCUT2D eigenvalue weighted by Gasteiger charge is -2.16. The summed E-state index contributed by atoms with van der Waals surface area (Å²) in [5.41, 5.74) is 4.84. The van der Waals surface area contributed by atoms with Gasteiger partial charge in [-0.05, 0) is 55.7 Å². The van der Waals surface area contributed by atoms with Crippen molar-refractivity contribution < 1.29 is 19.0 Å². The molecule has 156 valence electrons. The van der Waals surface area contributed by atoms with E-state index in [0.717, 1.165) is 30.7 Å². The van der Waals surface area contributed by atoms with E-state index < -0.39 is 0 Å². The van der Waals surface area contributed by atoms with Crippen LogP contribution in [0.5, 0.6) is 11.5 Å². The Morgan fingerprint density at radius 3 is 3.00 bits per heavy atom. The van der Waals surface area contributed by atoms with E-state index >= 15 is 0 Å². The molecule has 3 aromatic rings. The summed E-state index contributed by atoms with van der Waals surface area (Å²) in [5, 5.41) is 4.89. The van der Waals surface area contributed by atoms with E-state index in [-0.39, 0.29) is 12.0 Å². The van der Waals surface area contributed by atoms with E-state index in [1.54, 1.807) is 23.7 Å². The van der Waals surface area contributed by atoms with Crippen molar-refractivity contribution in [2.24, 2.45) is 0 Å². The van der Waals surface area contributed by atoms with Gasteiger partial charge in [0.2, 0.25) is 0 Å². The largest absolute Gasteiger partial charge is 0.489 e. The minimum atomic E-state index is -0.222. The molecule has 0 bridgehead atoms. The first-order valence-electron chi connectivity index (χ1n) is 9.94. The van der Waals surface area contributed by atoms with Crippen molar-refractivity contribution in [3.8, 4) is 11.5 Å². The first kappa shape index (κ1) is 20.4. The predicted molar refractivity (Wildman–Crippen MR) is 116 cm³/mol. The highest BCUT2D eigenvalue weighted by Crippen LogP contribution is 2.28. The number of benzene rings is 2. The molecule has 1 aromatic heterocycles. The number of thiazole rings is 1. The molecule has 1 aliphatic heterocycles. The zero-order chi connectivity index (χ0) is 20.8. The Morgan fingerprint density at radius 2 is 2.20 bits per heavy atom. The molecule has 1 aliphatic rings. The maximum absolute atomic E-state index is 12.8. The van der Waals surface area contributed by atoms with E-state index in [1.807, 2.05) is 36.6 Å². The second-order valence-electron chi connectivity index (χ2n) is 7.20. The van der Waals surface area contributed by atoms with Gasteiger partial charge in [0.1, 0.15) is 24.7 Å². The summed E-state index contributed by atoms with van der Waals surface area (Å²) in [5.74, 6) is 1.05. The van der Waals surface area contributed by atoms with Gasteiger partial charge in [-0.1, -0.05) is 12.1 Å². The van der Waals surface area contributed by atoms with Crippen LogP contribution in [0.25, 0.3) is 0 Å². The van der Waals surface area contributed by atoms with Crippen molar-refractivity contribution in [3.63, 3.8) is 0 Å². The van der Waals surface area contributed by atoms with Gasteiger partial charge in [-0.3, -0.25) is 4.79 Å². The third kappa shape index (κ3) is 5.37. The topological polar surface area (TPSA) is 69.7 Å². The van der Waals surface area contributed by atoms with Crippen LogP contribution in [-0.2, 0) is 11.3 Å². The van der Waals surface area contributed by atoms with Crippen LogP contribution in [0.4, 0.5) is 5.69 Å². The van der Waals surface area contributed by atoms with E-state index in [4.69, 9.17) is 14.2 Å². The highest BCUT2D eigenvalue weighted by Gasteiger charge is 2.18. The lowest BCUT2D eigenvalue weighted by Crippen LogP contribution is -2.18. The minimum absolute atomic E-state index is 0.112. The van der Waals surface area contributed by atoms with Gasteiger partial charge in [-0.15, -0.1) is 11.3 Å². The van der Waals surface area contributed by atoms with Crippen LogP contribution in [0.1, 0.15) is 34.5 Å². The van der Waals surface area contributed by atoms with Gasteiger partial charge in [0.25, 0.3) is 5.91 Å². The summed E-state index contributed by atoms with van der Waals surface area (Å²) in [6, 6.07) is 12.8. The number of carbonyl (C=O) groups excluding carboxylic acids is 1. The molecular weight excluding hydrogens is 400 g/mol. The van der Waals surface area contributed by atoms with Crippen molar-refractivity contribution in [2.75, 3.05) is 18.5 Å². The molecule has 0 aliphatic carbocycles. The average molecular weight is 425 g/mol. The van der Waals surface area contributed by atoms with Crippen LogP contribution in [0.3, 0.4) is 0 Å². The lowest BCUT2D eigenvalue weighted by atomic mass is 10.1. The number of amides is 1. The number of anilines is 1. The summed E-state index contributed by atoms with van der Waals surface area (Å²) in [6.45, 7) is 3.63. The Labute approximate surface area is 179 Å². The fraction of sp³-hybridized carbons (Fsp3) is 0.304. The third-order valence-electron chi connectivity index (χ3n) is 4.80. The molecule has 0 spiro atoms. The molecule has 4 rings (SSSR count). The molecule has 0 radical (unpaired) electrons. The smallest absolute Gasteiger partial charge is 0.255 e. The van der Waals surface area contributed by atoms with Gasteiger partial charge in [0, 0.05) is 17.6 Å². The molecule has 30 heavy (non-hydrogen) atoms. The normalized spacial score (nSPS) is 15.7. The van der Waals surface area contributed by atoms with E-state index in [0.29, 0.717) is 36.0 Å². The average Bonchev–Trinajstić information content (AvgIpc) is 3.47. The highest BCUT2D eigenvalue weighted by atomic mass is 32.1. The fourth-order valence-corrected chi connectivity index (χ4v) is 3.74. The third-order valence-corrected chi connectivity index (χ3v) is 5.44. The first-order valence-corrected chi connectivity index (χ1v) is 10.9. The molecule has 1 amide bonds. The zero-order valence-corrected chi connectivity index (χ0v) is 17.6. The molecule has 1 saturated heterocycles. The SMILES string of the molecule is Cc1ccc(NC(=O)c2cccc(OCc3cscn3)c2)c(OCC2CCCO2)c1. The Kier molecular flexibility index (Phi) is 6.61. The number of carbonyl (C=O) groups is 1. The van der Waals surface area contributed by atoms with Crippen molar-refractivity contribution in [1.82, 2.24) is 4.98 Å². The molecule has 0 saturated carbocycles. The summed E-state index contributed by atoms with van der Waals surface area (Å²) < 4.78 is 17.4. The quantitative estimate of drug-likeness (QED) is 0.560. The van der Waals surface area contributed by atoms with Crippen molar-refractivity contribution in [2.45, 2.75) is 32.5 Å². The highest BCUT2D eigenvalue weighted by molar-refractivity contribution is 7.07. The van der Waals surface area contributed by atoms with Crippen LogP contribution in [-0.4, -0.2) is 30.2 Å². The summed E-state index contributed by atoms with van der Waals surface area (Å²) in [6.07, 6.45) is 2.17. The van der Waals surface area contributed by atoms with E-state index in [9.17, 15) is 4.79 Å². The number of ether oxygens (including phenoxy) is 3. The molecule has 6 nitrogen and oxygen atoms in total. The first-order chi connectivity index (χ1) is 14.7. The van der Waals surface area contributed by atoms with Crippen LogP contribution < -0.4 is 14.8 Å². The summed E-state index contributed by atoms with van der Waals surface area (Å²) in [7, 11) is 0. The van der Waals surface area contributed by atoms with Gasteiger partial charge in [0.15, 0.2) is 0 Å². The maximum Gasteiger partial charge on any atom is 0.255 e. The Balaban J connectivity index is 1.42. The number of nitrogens with one attached hydrogen (secondary N) is 1. The van der Waals surface area contributed by atoms with Crippen molar-refractivity contribution in [3.05, 3.63) is 70.2 Å². The molecule has 1 N–H and O–H groups in total. The Hall–Kier alpha value is -2.90. The molecule has 1 fully saturated rings. The number of rotatable bonds is 8. The zero-order valence-electron chi connectivity index (χ0n) is 16.8. The molecule has 7 heteroatoms. The second-order valence-corrected chi connectivity index (χ2v) is 7.91. The van der Waals surface area contributed by atoms with Gasteiger partial charge < -0.3 is 19.5 Å². The monoisotopic (exact) mass is 424 g/mol. The number of hydrogen-bond donors (Lipinski definition) is 1. The number of nitrogens with zero attached hydrogens (tertiary/aromatic N) is 1. The Bertz CT molecular complexity index is 985. The summed E-state index contributed by atoms with van der Waals surface area (Å²) >= 11 is 1.52. The van der Waals surface area contributed by atoms with Crippen molar-refractivity contribution in [1.29, 1.82) is 0 Å². The van der Waals surface area contributed by atoms with Crippen LogP contribution in [0.2, 0.25) is 0 Å². The maximum atomic E-state index is 12.8. The Morgan fingerprint density at radius 1 is 1.27 bits per heavy atom. The van der Waals surface area contributed by atoms with Gasteiger partial charge in [-0.25, -0.2) is 4.98 Å². The van der Waals surface area contributed by atoms with E-state index in [2.05, 4.69) is 10.3 Å². The molecule has 1 atom stereocenters. The molecule has 2 aromatic carbocycles. The molecule has 2 heterocycles. The molecular formula is C23H24N2O4S. The van der Waals surface area contributed by atoms with Gasteiger partial charge in [0.05, 0.1) is 23.0 Å². The number of hydrogen-bond acceptors (Lipinski definition) is 6. The number of aromatic nitrogens is 1. The van der Waals surface area contributed by atoms with Gasteiger partial charge >= 0.3 is 0 Å². The van der Waals surface area contributed by atoms with Crippen LogP contribution in [0, 0.1) is 6.92 Å². The number of aryl methyl sites for hydroxylation is 1. The van der Waals surface area contributed by atoms with Crippen molar-refractivity contribution >= 4 is 22.9 Å². The predicted octanol–water partition coefficient (Wildman–Crippen LogP) is 4.84. The van der Waals surface area contributed by atoms with Crippen LogP contribution >= 0.6 is 11.3 Å².